The van der Waals surface area contributed by atoms with Crippen molar-refractivity contribution < 1.29 is 27.7 Å². The van der Waals surface area contributed by atoms with Crippen LogP contribution >= 0.6 is 0 Å². The molecule has 200 valence electrons. The molecule has 1 heterocycles. The number of aliphatic hydroxyl groups excluding tert-OH is 1. The third-order valence-corrected chi connectivity index (χ3v) is 8.25. The standard InChI is InChI=1S/C31H34O6S/c1-20-14-29(35-12-5-13-38(3,33)34)27-10-11-28(27)31(20)23-7-4-6-22(16-23)18-36-25-8-9-26-24(15-21(2)32)19-37-30(26)17-25/h4,6-9,14,16-17,24,32H,2,5,10-13,15,18-19H2,1,3H3/t24-/m1/s1. The van der Waals surface area contributed by atoms with Crippen LogP contribution in [-0.4, -0.2) is 38.7 Å². The summed E-state index contributed by atoms with van der Waals surface area (Å²) in [5, 5.41) is 9.54. The minimum absolute atomic E-state index is 0.124. The lowest BCUT2D eigenvalue weighted by molar-refractivity contribution is 0.297. The summed E-state index contributed by atoms with van der Waals surface area (Å²) in [6.45, 7) is 7.07. The van der Waals surface area contributed by atoms with Crippen molar-refractivity contribution in [1.29, 1.82) is 0 Å². The molecule has 0 spiro atoms. The Morgan fingerprint density at radius 1 is 1.11 bits per heavy atom. The van der Waals surface area contributed by atoms with Crippen LogP contribution in [0.4, 0.5) is 0 Å². The second-order valence-electron chi connectivity index (χ2n) is 10.3. The molecule has 0 radical (unpaired) electrons. The summed E-state index contributed by atoms with van der Waals surface area (Å²) >= 11 is 0. The number of allylic oxidation sites excluding steroid dienone is 1. The molecule has 0 saturated heterocycles. The molecule has 0 aromatic heterocycles. The quantitative estimate of drug-likeness (QED) is 0.237. The Hall–Kier alpha value is -3.45. The van der Waals surface area contributed by atoms with Crippen LogP contribution in [0, 0.1) is 6.92 Å². The van der Waals surface area contributed by atoms with E-state index in [1.807, 2.05) is 18.2 Å². The van der Waals surface area contributed by atoms with Crippen molar-refractivity contribution in [3.8, 4) is 28.4 Å². The molecule has 1 atom stereocenters. The number of hydrogen-bond donors (Lipinski definition) is 1. The summed E-state index contributed by atoms with van der Waals surface area (Å²) < 4.78 is 40.7. The van der Waals surface area contributed by atoms with E-state index in [9.17, 15) is 13.5 Å². The molecule has 38 heavy (non-hydrogen) atoms. The van der Waals surface area contributed by atoms with Crippen molar-refractivity contribution in [2.45, 2.75) is 45.1 Å². The van der Waals surface area contributed by atoms with Gasteiger partial charge in [0.2, 0.25) is 0 Å². The van der Waals surface area contributed by atoms with Gasteiger partial charge in [0.15, 0.2) is 0 Å². The Labute approximate surface area is 224 Å². The average molecular weight is 535 g/mol. The van der Waals surface area contributed by atoms with Crippen LogP contribution in [0.25, 0.3) is 11.1 Å². The molecule has 5 rings (SSSR count). The number of aryl methyl sites for hydroxylation is 1. The first kappa shape index (κ1) is 26.2. The second kappa shape index (κ2) is 10.7. The largest absolute Gasteiger partial charge is 0.513 e. The molecule has 0 saturated carbocycles. The van der Waals surface area contributed by atoms with Gasteiger partial charge in [0.05, 0.1) is 24.7 Å². The van der Waals surface area contributed by atoms with Crippen LogP contribution in [0.2, 0.25) is 0 Å². The van der Waals surface area contributed by atoms with Gasteiger partial charge < -0.3 is 19.3 Å². The van der Waals surface area contributed by atoms with Crippen LogP contribution in [0.3, 0.4) is 0 Å². The Balaban J connectivity index is 1.27. The maximum atomic E-state index is 11.4. The normalized spacial score (nSPS) is 15.7. The number of ether oxygens (including phenoxy) is 3. The number of rotatable bonds is 11. The molecule has 2 aliphatic rings. The average Bonchev–Trinajstić information content (AvgIpc) is 3.23. The van der Waals surface area contributed by atoms with Crippen LogP contribution in [0.1, 0.15) is 46.6 Å². The Morgan fingerprint density at radius 2 is 1.92 bits per heavy atom. The van der Waals surface area contributed by atoms with Crippen LogP contribution in [0.5, 0.6) is 17.2 Å². The van der Waals surface area contributed by atoms with E-state index >= 15 is 0 Å². The molecule has 3 aromatic carbocycles. The van der Waals surface area contributed by atoms with Crippen molar-refractivity contribution in [2.24, 2.45) is 0 Å². The highest BCUT2D eigenvalue weighted by Gasteiger charge is 2.26. The smallest absolute Gasteiger partial charge is 0.147 e. The number of aliphatic hydroxyl groups is 1. The lowest BCUT2D eigenvalue weighted by Crippen LogP contribution is -2.15. The minimum atomic E-state index is -2.98. The van der Waals surface area contributed by atoms with Crippen LogP contribution < -0.4 is 14.2 Å². The summed E-state index contributed by atoms with van der Waals surface area (Å²) in [4.78, 5) is 0. The van der Waals surface area contributed by atoms with E-state index in [1.165, 1.54) is 22.9 Å². The van der Waals surface area contributed by atoms with Gasteiger partial charge in [-0.15, -0.1) is 0 Å². The Morgan fingerprint density at radius 3 is 2.66 bits per heavy atom. The van der Waals surface area contributed by atoms with Crippen molar-refractivity contribution >= 4 is 9.84 Å². The van der Waals surface area contributed by atoms with Crippen molar-refractivity contribution in [3.63, 3.8) is 0 Å². The molecule has 1 N–H and O–H groups in total. The molecule has 6 nitrogen and oxygen atoms in total. The summed E-state index contributed by atoms with van der Waals surface area (Å²) in [5.74, 6) is 2.86. The van der Waals surface area contributed by atoms with E-state index in [4.69, 9.17) is 14.2 Å². The van der Waals surface area contributed by atoms with E-state index in [-0.39, 0.29) is 17.4 Å². The zero-order valence-corrected chi connectivity index (χ0v) is 22.8. The van der Waals surface area contributed by atoms with Crippen molar-refractivity contribution in [3.05, 3.63) is 88.7 Å². The highest BCUT2D eigenvalue weighted by molar-refractivity contribution is 7.90. The number of fused-ring (bicyclic) bond motifs is 2. The first-order valence-corrected chi connectivity index (χ1v) is 15.1. The lowest BCUT2D eigenvalue weighted by atomic mass is 9.79. The van der Waals surface area contributed by atoms with Gasteiger partial charge in [0.25, 0.3) is 0 Å². The summed E-state index contributed by atoms with van der Waals surface area (Å²) in [6.07, 6.45) is 4.23. The third kappa shape index (κ3) is 5.83. The lowest BCUT2D eigenvalue weighted by Gasteiger charge is -2.28. The number of benzene rings is 3. The van der Waals surface area contributed by atoms with Gasteiger partial charge in [-0.3, -0.25) is 0 Å². The molecule has 0 fully saturated rings. The predicted molar refractivity (Wildman–Crippen MR) is 149 cm³/mol. The Bertz CT molecular complexity index is 1470. The number of sulfone groups is 1. The molecule has 7 heteroatoms. The molecular weight excluding hydrogens is 500 g/mol. The van der Waals surface area contributed by atoms with Crippen LogP contribution in [-0.2, 0) is 29.3 Å². The zero-order valence-electron chi connectivity index (χ0n) is 22.0. The summed E-state index contributed by atoms with van der Waals surface area (Å²) in [5.41, 5.74) is 8.25. The van der Waals surface area contributed by atoms with Crippen molar-refractivity contribution in [1.82, 2.24) is 0 Å². The molecule has 1 aliphatic heterocycles. The summed E-state index contributed by atoms with van der Waals surface area (Å²) in [7, 11) is -2.98. The van der Waals surface area contributed by atoms with Gasteiger partial charge >= 0.3 is 0 Å². The fourth-order valence-corrected chi connectivity index (χ4v) is 5.98. The van der Waals surface area contributed by atoms with Gasteiger partial charge in [0.1, 0.15) is 33.7 Å². The van der Waals surface area contributed by atoms with Crippen LogP contribution in [0.15, 0.2) is 60.9 Å². The van der Waals surface area contributed by atoms with E-state index in [0.29, 0.717) is 32.7 Å². The second-order valence-corrected chi connectivity index (χ2v) is 12.6. The van der Waals surface area contributed by atoms with Gasteiger partial charge in [-0.05, 0) is 77.8 Å². The van der Waals surface area contributed by atoms with Gasteiger partial charge in [-0.2, -0.15) is 0 Å². The zero-order chi connectivity index (χ0) is 26.9. The Kier molecular flexibility index (Phi) is 7.39. The van der Waals surface area contributed by atoms with Gasteiger partial charge in [-0.25, -0.2) is 8.42 Å². The van der Waals surface area contributed by atoms with Gasteiger partial charge in [-0.1, -0.05) is 30.8 Å². The van der Waals surface area contributed by atoms with E-state index < -0.39 is 9.84 Å². The number of hydrogen-bond acceptors (Lipinski definition) is 6. The monoisotopic (exact) mass is 534 g/mol. The fourth-order valence-electron chi connectivity index (χ4n) is 5.33. The molecule has 1 aliphatic carbocycles. The first-order chi connectivity index (χ1) is 18.2. The van der Waals surface area contributed by atoms with Crippen molar-refractivity contribution in [2.75, 3.05) is 25.2 Å². The van der Waals surface area contributed by atoms with E-state index in [1.54, 1.807) is 0 Å². The predicted octanol–water partition coefficient (Wildman–Crippen LogP) is 6.09. The maximum Gasteiger partial charge on any atom is 0.147 e. The third-order valence-electron chi connectivity index (χ3n) is 7.22. The first-order valence-electron chi connectivity index (χ1n) is 13.0. The molecule has 0 unspecified atom stereocenters. The topological polar surface area (TPSA) is 82.1 Å². The molecule has 0 amide bonds. The van der Waals surface area contributed by atoms with E-state index in [0.717, 1.165) is 52.3 Å². The van der Waals surface area contributed by atoms with E-state index in [2.05, 4.69) is 43.8 Å². The highest BCUT2D eigenvalue weighted by Crippen LogP contribution is 2.42. The molecule has 3 aromatic rings. The maximum absolute atomic E-state index is 11.4. The SMILES string of the molecule is C=C(O)C[C@@H]1COc2cc(OCc3cccc(-c4c(C)cc(OCCCS(C)(=O)=O)c5c4CC5)c3)ccc21. The molecule has 0 bridgehead atoms. The highest BCUT2D eigenvalue weighted by atomic mass is 32.2. The summed E-state index contributed by atoms with van der Waals surface area (Å²) in [6, 6.07) is 16.4. The molecular formula is C31H34O6S. The minimum Gasteiger partial charge on any atom is -0.513 e. The van der Waals surface area contributed by atoms with Gasteiger partial charge in [0, 0.05) is 30.2 Å². The fraction of sp³-hybridized carbons (Fsp3) is 0.355.